The van der Waals surface area contributed by atoms with Gasteiger partial charge in [0.1, 0.15) is 11.3 Å². The normalized spacial score (nSPS) is 14.1. The van der Waals surface area contributed by atoms with Gasteiger partial charge in [-0.05, 0) is 184 Å². The number of hydrogen-bond acceptors (Lipinski definition) is 4. The highest BCUT2D eigenvalue weighted by Gasteiger charge is 2.32. The fourth-order valence-corrected chi connectivity index (χ4v) is 14.5. The molecular formula is C78H66N2O2. The molecule has 4 nitrogen and oxygen atoms in total. The summed E-state index contributed by atoms with van der Waals surface area (Å²) in [5.74, 6) is 1.08. The van der Waals surface area contributed by atoms with Crippen LogP contribution in [0.2, 0.25) is 0 Å². The number of benzene rings is 12. The van der Waals surface area contributed by atoms with Gasteiger partial charge in [-0.1, -0.05) is 196 Å². The van der Waals surface area contributed by atoms with Crippen molar-refractivity contribution in [1.82, 2.24) is 0 Å². The SMILES string of the molecule is CCc1cccc(N(c2cc(C3CCCC3)c3ccc4c(N(c5cccc(C)c5)c5cccc(-c6cccc(-c7ccccc7C)c6)c5O)cc(C5CCCC5)c5ccc2c3c54)c2cccc3c2oc2c(-c4ccccc4)cccc23)c1. The van der Waals surface area contributed by atoms with E-state index in [2.05, 4.69) is 249 Å². The van der Waals surface area contributed by atoms with Gasteiger partial charge in [-0.3, -0.25) is 0 Å². The molecule has 1 heterocycles. The zero-order valence-electron chi connectivity index (χ0n) is 47.1. The van der Waals surface area contributed by atoms with Gasteiger partial charge in [0.2, 0.25) is 0 Å². The van der Waals surface area contributed by atoms with Gasteiger partial charge in [-0.15, -0.1) is 0 Å². The van der Waals surface area contributed by atoms with Gasteiger partial charge in [0.25, 0.3) is 0 Å². The number of anilines is 6. The largest absolute Gasteiger partial charge is 0.505 e. The quantitative estimate of drug-likeness (QED) is 0.124. The van der Waals surface area contributed by atoms with E-state index in [1.807, 2.05) is 0 Å². The van der Waals surface area contributed by atoms with E-state index in [9.17, 15) is 5.11 Å². The average molecular weight is 1060 g/mol. The van der Waals surface area contributed by atoms with E-state index in [0.717, 1.165) is 109 Å². The molecule has 13 aromatic rings. The van der Waals surface area contributed by atoms with E-state index < -0.39 is 0 Å². The van der Waals surface area contributed by atoms with Crippen LogP contribution in [0.5, 0.6) is 5.75 Å². The number of nitrogens with zero attached hydrogens (tertiary/aromatic N) is 2. The highest BCUT2D eigenvalue weighted by atomic mass is 16.3. The molecule has 2 aliphatic carbocycles. The second-order valence-electron chi connectivity index (χ2n) is 23.4. The Morgan fingerprint density at radius 2 is 0.915 bits per heavy atom. The van der Waals surface area contributed by atoms with Crippen molar-refractivity contribution in [2.45, 2.75) is 90.4 Å². The molecule has 400 valence electrons. The molecule has 1 N–H and O–H groups in total. The minimum Gasteiger partial charge on any atom is -0.505 e. The Bertz CT molecular complexity index is 4580. The summed E-state index contributed by atoms with van der Waals surface area (Å²) in [6.07, 6.45) is 10.5. The van der Waals surface area contributed by atoms with Crippen LogP contribution in [0.4, 0.5) is 34.1 Å². The molecule has 82 heavy (non-hydrogen) atoms. The predicted octanol–water partition coefficient (Wildman–Crippen LogP) is 22.6. The second kappa shape index (κ2) is 20.5. The summed E-state index contributed by atoms with van der Waals surface area (Å²) in [6, 6.07) is 80.3. The first kappa shape index (κ1) is 49.9. The number of fused-ring (bicyclic) bond motifs is 3. The molecule has 1 aromatic heterocycles. The summed E-state index contributed by atoms with van der Waals surface area (Å²) < 4.78 is 7.32. The lowest BCUT2D eigenvalue weighted by Gasteiger charge is -2.32. The highest BCUT2D eigenvalue weighted by Crippen LogP contribution is 2.56. The maximum atomic E-state index is 13.1. The minimum atomic E-state index is 0.255. The lowest BCUT2D eigenvalue weighted by atomic mass is 9.82. The van der Waals surface area contributed by atoms with Crippen LogP contribution < -0.4 is 9.80 Å². The molecule has 2 saturated carbocycles. The first-order valence-electron chi connectivity index (χ1n) is 29.9. The molecule has 12 aromatic carbocycles. The number of hydrogen-bond donors (Lipinski definition) is 1. The number of phenols is 1. The van der Waals surface area contributed by atoms with Crippen molar-refractivity contribution in [2.24, 2.45) is 0 Å². The molecule has 2 aliphatic rings. The van der Waals surface area contributed by atoms with E-state index in [4.69, 9.17) is 4.42 Å². The summed E-state index contributed by atoms with van der Waals surface area (Å²) in [6.45, 7) is 6.59. The van der Waals surface area contributed by atoms with Gasteiger partial charge >= 0.3 is 0 Å². The molecular weight excluding hydrogens is 997 g/mol. The van der Waals surface area contributed by atoms with Gasteiger partial charge in [-0.25, -0.2) is 0 Å². The standard InChI is InChI=1S/C78H66N2O2/c1-4-51-22-15-32-58(45-51)80(71-39-19-37-65-64-36-17-35-61(77(64)82-78(65)71)52-23-6-5-7-24-52)73-48-69(54-27-11-12-28-54)63-40-42-66-72(47-68(53-25-9-10-26-53)62-41-43-67(73)75(63)74(62)66)79(57-31-14-20-49(2)44-57)70-38-18-34-60(76(70)81)56-30-16-29-55(46-56)59-33-13-8-21-50(59)3/h5-8,13-24,29-48,53-54,81H,4,9-12,25-28H2,1-3H3. The maximum Gasteiger partial charge on any atom is 0.159 e. The molecule has 0 atom stereocenters. The number of rotatable bonds is 12. The van der Waals surface area contributed by atoms with Crippen molar-refractivity contribution in [2.75, 3.05) is 9.80 Å². The van der Waals surface area contributed by atoms with Crippen LogP contribution in [0.25, 0.3) is 87.6 Å². The third kappa shape index (κ3) is 8.33. The Morgan fingerprint density at radius 3 is 1.59 bits per heavy atom. The molecule has 0 bridgehead atoms. The lowest BCUT2D eigenvalue weighted by Crippen LogP contribution is -2.14. The van der Waals surface area contributed by atoms with Crippen LogP contribution >= 0.6 is 0 Å². The van der Waals surface area contributed by atoms with Crippen molar-refractivity contribution in [3.05, 3.63) is 246 Å². The van der Waals surface area contributed by atoms with E-state index in [0.29, 0.717) is 11.8 Å². The van der Waals surface area contributed by atoms with E-state index in [-0.39, 0.29) is 5.75 Å². The number of aromatic hydroxyl groups is 1. The molecule has 15 rings (SSSR count). The van der Waals surface area contributed by atoms with Crippen LogP contribution in [-0.4, -0.2) is 5.11 Å². The summed E-state index contributed by atoms with van der Waals surface area (Å²) in [5, 5.41) is 23.0. The van der Waals surface area contributed by atoms with Crippen LogP contribution in [0.3, 0.4) is 0 Å². The molecule has 0 amide bonds. The van der Waals surface area contributed by atoms with Gasteiger partial charge in [-0.2, -0.15) is 0 Å². The first-order valence-corrected chi connectivity index (χ1v) is 29.9. The van der Waals surface area contributed by atoms with Crippen molar-refractivity contribution < 1.29 is 9.52 Å². The predicted molar refractivity (Wildman–Crippen MR) is 346 cm³/mol. The van der Waals surface area contributed by atoms with Crippen molar-refractivity contribution in [3.63, 3.8) is 0 Å². The molecule has 4 heteroatoms. The lowest BCUT2D eigenvalue weighted by molar-refractivity contribution is 0.478. The van der Waals surface area contributed by atoms with Crippen molar-refractivity contribution >= 4 is 88.4 Å². The molecule has 0 spiro atoms. The fourth-order valence-electron chi connectivity index (χ4n) is 14.5. The van der Waals surface area contributed by atoms with Crippen molar-refractivity contribution in [3.8, 4) is 39.1 Å². The summed E-state index contributed by atoms with van der Waals surface area (Å²) in [5.41, 5.74) is 20.7. The van der Waals surface area contributed by atoms with Crippen LogP contribution in [0, 0.1) is 13.8 Å². The fraction of sp³-hybridized carbons (Fsp3) is 0.179. The zero-order chi connectivity index (χ0) is 55.0. The smallest absolute Gasteiger partial charge is 0.159 e. The Hall–Kier alpha value is -9.12. The van der Waals surface area contributed by atoms with E-state index in [1.165, 1.54) is 98.7 Å². The van der Waals surface area contributed by atoms with Crippen molar-refractivity contribution in [1.29, 1.82) is 0 Å². The Balaban J connectivity index is 1.02. The summed E-state index contributed by atoms with van der Waals surface area (Å²) >= 11 is 0. The van der Waals surface area contributed by atoms with Gasteiger partial charge < -0.3 is 19.3 Å². The second-order valence-corrected chi connectivity index (χ2v) is 23.4. The Morgan fingerprint density at radius 1 is 0.402 bits per heavy atom. The topological polar surface area (TPSA) is 39.9 Å². The van der Waals surface area contributed by atoms with E-state index >= 15 is 0 Å². The van der Waals surface area contributed by atoms with Crippen LogP contribution in [0.1, 0.15) is 97.9 Å². The van der Waals surface area contributed by atoms with Gasteiger partial charge in [0.15, 0.2) is 5.58 Å². The number of para-hydroxylation sites is 3. The molecule has 0 aliphatic heterocycles. The van der Waals surface area contributed by atoms with E-state index in [1.54, 1.807) is 0 Å². The molecule has 0 unspecified atom stereocenters. The zero-order valence-corrected chi connectivity index (χ0v) is 47.1. The molecule has 0 radical (unpaired) electrons. The number of phenolic OH excluding ortho intramolecular Hbond substituents is 1. The Kier molecular flexibility index (Phi) is 12.4. The molecule has 0 saturated heterocycles. The monoisotopic (exact) mass is 1060 g/mol. The van der Waals surface area contributed by atoms with Gasteiger partial charge in [0.05, 0.1) is 22.7 Å². The third-order valence-electron chi connectivity index (χ3n) is 18.5. The van der Waals surface area contributed by atoms with Gasteiger partial charge in [0, 0.05) is 44.0 Å². The third-order valence-corrected chi connectivity index (χ3v) is 18.5. The molecule has 2 fully saturated rings. The number of aryl methyl sites for hydroxylation is 3. The minimum absolute atomic E-state index is 0.255. The summed E-state index contributed by atoms with van der Waals surface area (Å²) in [7, 11) is 0. The Labute approximate surface area is 480 Å². The number of furan rings is 1. The van der Waals surface area contributed by atoms with Crippen LogP contribution in [0.15, 0.2) is 223 Å². The first-order chi connectivity index (χ1) is 40.4. The maximum absolute atomic E-state index is 13.1. The van der Waals surface area contributed by atoms with Crippen LogP contribution in [-0.2, 0) is 6.42 Å². The average Bonchev–Trinajstić information content (AvgIpc) is 3.35. The highest BCUT2D eigenvalue weighted by molar-refractivity contribution is 6.30. The summed E-state index contributed by atoms with van der Waals surface area (Å²) in [4.78, 5) is 4.90.